The van der Waals surface area contributed by atoms with Gasteiger partial charge in [0.2, 0.25) is 0 Å². The summed E-state index contributed by atoms with van der Waals surface area (Å²) in [6, 6.07) is 4.61. The van der Waals surface area contributed by atoms with Crippen LogP contribution in [-0.2, 0) is 6.42 Å². The van der Waals surface area contributed by atoms with Gasteiger partial charge in [-0.25, -0.2) is 0 Å². The molecule has 0 saturated heterocycles. The zero-order valence-corrected chi connectivity index (χ0v) is 10.4. The van der Waals surface area contributed by atoms with Crippen molar-refractivity contribution >= 4 is 10.9 Å². The van der Waals surface area contributed by atoms with E-state index in [4.69, 9.17) is 0 Å². The summed E-state index contributed by atoms with van der Waals surface area (Å²) in [6.45, 7) is 0.704. The second-order valence-corrected chi connectivity index (χ2v) is 4.65. The van der Waals surface area contributed by atoms with Crippen molar-refractivity contribution in [3.63, 3.8) is 0 Å². The molecule has 0 unspecified atom stereocenters. The van der Waals surface area contributed by atoms with Gasteiger partial charge in [0.1, 0.15) is 5.75 Å². The van der Waals surface area contributed by atoms with Gasteiger partial charge in [0.05, 0.1) is 6.54 Å². The summed E-state index contributed by atoms with van der Waals surface area (Å²) in [5, 5.41) is 12.7. The largest absolute Gasteiger partial charge is 0.508 e. The number of phenolic OH excluding ortho intramolecular Hbond substituents is 1. The topological polar surface area (TPSA) is 48.0 Å². The highest BCUT2D eigenvalue weighted by molar-refractivity contribution is 5.84. The van der Waals surface area contributed by atoms with Gasteiger partial charge in [-0.2, -0.15) is 13.2 Å². The molecule has 0 aliphatic heterocycles. The first-order valence-corrected chi connectivity index (χ1v) is 5.94. The van der Waals surface area contributed by atoms with E-state index >= 15 is 0 Å². The van der Waals surface area contributed by atoms with Crippen molar-refractivity contribution in [2.24, 2.45) is 0 Å². The van der Waals surface area contributed by atoms with Gasteiger partial charge in [-0.15, -0.1) is 0 Å². The number of aromatic nitrogens is 1. The first-order chi connectivity index (χ1) is 8.85. The number of nitrogens with one attached hydrogen (secondary N) is 2. The molecule has 1 atom stereocenters. The summed E-state index contributed by atoms with van der Waals surface area (Å²) in [5.74, 6) is 0.143. The van der Waals surface area contributed by atoms with E-state index < -0.39 is 12.7 Å². The number of aromatic hydroxyl groups is 1. The summed E-state index contributed by atoms with van der Waals surface area (Å²) in [4.78, 5) is 3.03. The second-order valence-electron chi connectivity index (χ2n) is 4.65. The van der Waals surface area contributed by atoms with Crippen LogP contribution in [0, 0.1) is 0 Å². The fourth-order valence-electron chi connectivity index (χ4n) is 2.03. The third kappa shape index (κ3) is 3.64. The van der Waals surface area contributed by atoms with Crippen LogP contribution in [0.25, 0.3) is 10.9 Å². The molecule has 0 bridgehead atoms. The van der Waals surface area contributed by atoms with Crippen LogP contribution in [-0.4, -0.2) is 28.9 Å². The summed E-state index contributed by atoms with van der Waals surface area (Å²) in [5.41, 5.74) is 1.74. The first-order valence-electron chi connectivity index (χ1n) is 5.94. The lowest BCUT2D eigenvalue weighted by Gasteiger charge is -2.15. The maximum Gasteiger partial charge on any atom is 0.401 e. The van der Waals surface area contributed by atoms with Gasteiger partial charge in [0.25, 0.3) is 0 Å². The molecule has 1 heterocycles. The summed E-state index contributed by atoms with van der Waals surface area (Å²) < 4.78 is 36.3. The smallest absolute Gasteiger partial charge is 0.401 e. The molecule has 3 nitrogen and oxygen atoms in total. The lowest BCUT2D eigenvalue weighted by molar-refractivity contribution is -0.126. The molecule has 0 aliphatic carbocycles. The van der Waals surface area contributed by atoms with Crippen molar-refractivity contribution in [3.05, 3.63) is 30.0 Å². The van der Waals surface area contributed by atoms with E-state index in [1.807, 2.05) is 0 Å². The lowest BCUT2D eigenvalue weighted by Crippen LogP contribution is -2.36. The third-order valence-electron chi connectivity index (χ3n) is 2.93. The molecule has 0 saturated carbocycles. The van der Waals surface area contributed by atoms with Crippen LogP contribution in [0.4, 0.5) is 13.2 Å². The molecule has 2 rings (SSSR count). The Balaban J connectivity index is 2.06. The summed E-state index contributed by atoms with van der Waals surface area (Å²) in [6.07, 6.45) is -1.98. The fraction of sp³-hybridized carbons (Fsp3) is 0.385. The van der Waals surface area contributed by atoms with Crippen molar-refractivity contribution < 1.29 is 18.3 Å². The molecular formula is C13H15F3N2O. The van der Waals surface area contributed by atoms with Gasteiger partial charge in [0, 0.05) is 23.1 Å². The standard InChI is InChI=1S/C13H15F3N2O/c1-8(18-7-13(14,15)16)4-9-6-17-12-3-2-10(19)5-11(9)12/h2-3,5-6,8,17-19H,4,7H2,1H3/t8-/m1/s1. The molecule has 104 valence electrons. The van der Waals surface area contributed by atoms with Crippen LogP contribution in [0.3, 0.4) is 0 Å². The Bertz CT molecular complexity index is 563. The predicted octanol–water partition coefficient (Wildman–Crippen LogP) is 2.96. The lowest BCUT2D eigenvalue weighted by atomic mass is 10.1. The van der Waals surface area contributed by atoms with Crippen LogP contribution in [0.2, 0.25) is 0 Å². The van der Waals surface area contributed by atoms with Gasteiger partial charge in [0.15, 0.2) is 0 Å². The van der Waals surface area contributed by atoms with Crippen LogP contribution in [0.5, 0.6) is 5.75 Å². The number of aromatic amines is 1. The van der Waals surface area contributed by atoms with E-state index in [1.165, 1.54) is 0 Å². The minimum absolute atomic E-state index is 0.143. The maximum absolute atomic E-state index is 12.1. The Kier molecular flexibility index (Phi) is 3.71. The average Bonchev–Trinajstić information content (AvgIpc) is 2.68. The van der Waals surface area contributed by atoms with Crippen LogP contribution < -0.4 is 5.32 Å². The van der Waals surface area contributed by atoms with E-state index in [2.05, 4.69) is 10.3 Å². The molecule has 2 aromatic rings. The van der Waals surface area contributed by atoms with Gasteiger partial charge in [-0.1, -0.05) is 0 Å². The molecule has 6 heteroatoms. The first kappa shape index (κ1) is 13.7. The zero-order chi connectivity index (χ0) is 14.0. The SMILES string of the molecule is C[C@H](Cc1c[nH]c2ccc(O)cc12)NCC(F)(F)F. The third-order valence-corrected chi connectivity index (χ3v) is 2.93. The van der Waals surface area contributed by atoms with Gasteiger partial charge < -0.3 is 15.4 Å². The Morgan fingerprint density at radius 2 is 2.11 bits per heavy atom. The van der Waals surface area contributed by atoms with E-state index in [1.54, 1.807) is 31.3 Å². The number of fused-ring (bicyclic) bond motifs is 1. The highest BCUT2D eigenvalue weighted by Crippen LogP contribution is 2.24. The molecule has 3 N–H and O–H groups in total. The second kappa shape index (κ2) is 5.13. The van der Waals surface area contributed by atoms with E-state index in [0.29, 0.717) is 6.42 Å². The van der Waals surface area contributed by atoms with E-state index in [-0.39, 0.29) is 11.8 Å². The maximum atomic E-state index is 12.1. The normalized spacial score (nSPS) is 13.9. The van der Waals surface area contributed by atoms with Crippen molar-refractivity contribution in [1.29, 1.82) is 0 Å². The van der Waals surface area contributed by atoms with Crippen LogP contribution in [0.1, 0.15) is 12.5 Å². The Labute approximate surface area is 108 Å². The fourth-order valence-corrected chi connectivity index (χ4v) is 2.03. The van der Waals surface area contributed by atoms with Gasteiger partial charge in [-0.05, 0) is 37.1 Å². The van der Waals surface area contributed by atoms with E-state index in [9.17, 15) is 18.3 Å². The van der Waals surface area contributed by atoms with Gasteiger partial charge >= 0.3 is 6.18 Å². The number of rotatable bonds is 4. The quantitative estimate of drug-likeness (QED) is 0.801. The minimum atomic E-state index is -4.20. The number of hydrogen-bond acceptors (Lipinski definition) is 2. The van der Waals surface area contributed by atoms with Crippen molar-refractivity contribution in [1.82, 2.24) is 10.3 Å². The van der Waals surface area contributed by atoms with Crippen molar-refractivity contribution in [2.75, 3.05) is 6.54 Å². The molecule has 1 aromatic heterocycles. The Morgan fingerprint density at radius 1 is 1.37 bits per heavy atom. The number of H-pyrrole nitrogens is 1. The zero-order valence-electron chi connectivity index (χ0n) is 10.4. The molecule has 0 spiro atoms. The number of benzene rings is 1. The summed E-state index contributed by atoms with van der Waals surface area (Å²) in [7, 11) is 0. The van der Waals surface area contributed by atoms with Crippen molar-refractivity contribution in [2.45, 2.75) is 25.6 Å². The van der Waals surface area contributed by atoms with Crippen LogP contribution >= 0.6 is 0 Å². The number of halogens is 3. The molecule has 0 amide bonds. The summed E-state index contributed by atoms with van der Waals surface area (Å²) >= 11 is 0. The molecule has 0 fully saturated rings. The molecule has 0 aliphatic rings. The number of phenols is 1. The van der Waals surface area contributed by atoms with Gasteiger partial charge in [-0.3, -0.25) is 0 Å². The number of hydrogen-bond donors (Lipinski definition) is 3. The van der Waals surface area contributed by atoms with E-state index in [0.717, 1.165) is 16.5 Å². The molecule has 19 heavy (non-hydrogen) atoms. The van der Waals surface area contributed by atoms with Crippen molar-refractivity contribution in [3.8, 4) is 5.75 Å². The Hall–Kier alpha value is -1.69. The highest BCUT2D eigenvalue weighted by atomic mass is 19.4. The predicted molar refractivity (Wildman–Crippen MR) is 67.2 cm³/mol. The molecule has 1 aromatic carbocycles. The minimum Gasteiger partial charge on any atom is -0.508 e. The number of alkyl halides is 3. The molecule has 0 radical (unpaired) electrons. The highest BCUT2D eigenvalue weighted by Gasteiger charge is 2.27. The average molecular weight is 272 g/mol. The van der Waals surface area contributed by atoms with Crippen LogP contribution in [0.15, 0.2) is 24.4 Å². The monoisotopic (exact) mass is 272 g/mol. The molecular weight excluding hydrogens is 257 g/mol. The Morgan fingerprint density at radius 3 is 2.79 bits per heavy atom.